The highest BCUT2D eigenvalue weighted by atomic mass is 16.8. The summed E-state index contributed by atoms with van der Waals surface area (Å²) in [7, 11) is 0. The summed E-state index contributed by atoms with van der Waals surface area (Å²) in [4.78, 5) is 43.8. The van der Waals surface area contributed by atoms with Gasteiger partial charge in [-0.15, -0.1) is 0 Å². The van der Waals surface area contributed by atoms with Gasteiger partial charge >= 0.3 is 6.16 Å². The first kappa shape index (κ1) is 16.8. The van der Waals surface area contributed by atoms with Gasteiger partial charge in [-0.25, -0.2) is 4.79 Å². The summed E-state index contributed by atoms with van der Waals surface area (Å²) in [6.45, 7) is 2.24. The molecule has 138 valence electrons. The molecule has 1 unspecified atom stereocenters. The average Bonchev–Trinajstić information content (AvgIpc) is 3.19. The minimum atomic E-state index is -0.627. The third-order valence-corrected chi connectivity index (χ3v) is 5.43. The molecule has 26 heavy (non-hydrogen) atoms. The van der Waals surface area contributed by atoms with Gasteiger partial charge in [0, 0.05) is 57.8 Å². The van der Waals surface area contributed by atoms with Crippen LogP contribution in [0.1, 0.15) is 24.8 Å². The molecule has 3 aliphatic rings. The highest BCUT2D eigenvalue weighted by molar-refractivity contribution is 5.89. The predicted octanol–water partition coefficient (Wildman–Crippen LogP) is 0.958. The number of likely N-dealkylation sites (tertiary alicyclic amines) is 2. The van der Waals surface area contributed by atoms with Crippen LogP contribution in [0.4, 0.5) is 4.79 Å². The van der Waals surface area contributed by atoms with E-state index >= 15 is 0 Å². The Balaban J connectivity index is 1.33. The van der Waals surface area contributed by atoms with E-state index < -0.39 is 11.8 Å². The first-order valence-electron chi connectivity index (χ1n) is 8.86. The summed E-state index contributed by atoms with van der Waals surface area (Å²) >= 11 is 0. The molecule has 3 fully saturated rings. The van der Waals surface area contributed by atoms with Crippen molar-refractivity contribution in [1.29, 1.82) is 0 Å². The number of cyclic esters (lactones) is 1. The second kappa shape index (κ2) is 6.59. The van der Waals surface area contributed by atoms with Gasteiger partial charge in [-0.2, -0.15) is 0 Å². The predicted molar refractivity (Wildman–Crippen MR) is 88.7 cm³/mol. The fourth-order valence-corrected chi connectivity index (χ4v) is 3.86. The van der Waals surface area contributed by atoms with E-state index in [-0.39, 0.29) is 30.8 Å². The van der Waals surface area contributed by atoms with E-state index in [9.17, 15) is 14.4 Å². The molecule has 1 spiro atoms. The molecule has 0 bridgehead atoms. The zero-order chi connectivity index (χ0) is 18.1. The Morgan fingerprint density at radius 1 is 1.23 bits per heavy atom. The first-order valence-corrected chi connectivity index (χ1v) is 8.86. The van der Waals surface area contributed by atoms with E-state index in [1.165, 1.54) is 0 Å². The standard InChI is InChI=1S/C18H21N3O5/c22-15-9-14(11-21(15)10-13-1-5-19-6-2-13)16(23)20-7-3-18(4-8-20)12-25-17(24)26-18/h1-2,5-6,14H,3-4,7-12H2. The van der Waals surface area contributed by atoms with Gasteiger partial charge in [0.15, 0.2) is 5.60 Å². The van der Waals surface area contributed by atoms with Crippen molar-refractivity contribution in [3.8, 4) is 0 Å². The van der Waals surface area contributed by atoms with Crippen LogP contribution >= 0.6 is 0 Å². The average molecular weight is 359 g/mol. The normalized spacial score (nSPS) is 24.7. The Labute approximate surface area is 151 Å². The van der Waals surface area contributed by atoms with Gasteiger partial charge in [0.05, 0.1) is 5.92 Å². The molecule has 8 heteroatoms. The molecule has 2 amide bonds. The number of pyridine rings is 1. The number of rotatable bonds is 3. The third kappa shape index (κ3) is 3.23. The van der Waals surface area contributed by atoms with Crippen molar-refractivity contribution < 1.29 is 23.9 Å². The molecule has 3 aliphatic heterocycles. The zero-order valence-corrected chi connectivity index (χ0v) is 14.4. The van der Waals surface area contributed by atoms with Crippen molar-refractivity contribution in [3.63, 3.8) is 0 Å². The number of carbonyl (C=O) groups excluding carboxylic acids is 3. The molecule has 0 aliphatic carbocycles. The number of hydrogen-bond donors (Lipinski definition) is 0. The maximum atomic E-state index is 12.8. The quantitative estimate of drug-likeness (QED) is 0.747. The Bertz CT molecular complexity index is 715. The number of amides is 2. The van der Waals surface area contributed by atoms with Crippen LogP contribution in [0.25, 0.3) is 0 Å². The van der Waals surface area contributed by atoms with E-state index in [1.54, 1.807) is 22.2 Å². The molecule has 1 atom stereocenters. The van der Waals surface area contributed by atoms with E-state index in [2.05, 4.69) is 4.98 Å². The molecule has 3 saturated heterocycles. The molecule has 0 saturated carbocycles. The maximum Gasteiger partial charge on any atom is 0.509 e. The lowest BCUT2D eigenvalue weighted by Gasteiger charge is -2.37. The zero-order valence-electron chi connectivity index (χ0n) is 14.4. The first-order chi connectivity index (χ1) is 12.5. The summed E-state index contributed by atoms with van der Waals surface area (Å²) in [5.41, 5.74) is 0.427. The number of aromatic nitrogens is 1. The molecule has 4 rings (SSSR count). The number of piperidine rings is 1. The number of carbonyl (C=O) groups is 3. The number of hydrogen-bond acceptors (Lipinski definition) is 6. The van der Waals surface area contributed by atoms with E-state index in [0.29, 0.717) is 39.0 Å². The SMILES string of the molecule is O=C1OCC2(CCN(C(=O)C3CC(=O)N(Cc4ccncc4)C3)CC2)O1. The third-order valence-electron chi connectivity index (χ3n) is 5.43. The van der Waals surface area contributed by atoms with Crippen LogP contribution in [-0.4, -0.2) is 64.6 Å². The van der Waals surface area contributed by atoms with Crippen LogP contribution in [-0.2, 0) is 25.6 Å². The molecular weight excluding hydrogens is 338 g/mol. The summed E-state index contributed by atoms with van der Waals surface area (Å²) in [6.07, 6.45) is 4.17. The number of nitrogens with zero attached hydrogens (tertiary/aromatic N) is 3. The van der Waals surface area contributed by atoms with E-state index in [1.807, 2.05) is 12.1 Å². The second-order valence-corrected chi connectivity index (χ2v) is 7.18. The maximum absolute atomic E-state index is 12.8. The summed E-state index contributed by atoms with van der Waals surface area (Å²) in [5.74, 6) is -0.289. The lowest BCUT2D eigenvalue weighted by atomic mass is 9.91. The van der Waals surface area contributed by atoms with Crippen LogP contribution in [0.5, 0.6) is 0 Å². The van der Waals surface area contributed by atoms with Gasteiger partial charge in [-0.3, -0.25) is 14.6 Å². The topological polar surface area (TPSA) is 89.0 Å². The van der Waals surface area contributed by atoms with Crippen molar-refractivity contribution in [2.75, 3.05) is 26.2 Å². The van der Waals surface area contributed by atoms with Crippen LogP contribution in [0.2, 0.25) is 0 Å². The van der Waals surface area contributed by atoms with Crippen LogP contribution in [0.15, 0.2) is 24.5 Å². The van der Waals surface area contributed by atoms with E-state index in [0.717, 1.165) is 5.56 Å². The fraction of sp³-hybridized carbons (Fsp3) is 0.556. The number of ether oxygens (including phenoxy) is 2. The molecule has 1 aromatic rings. The van der Waals surface area contributed by atoms with Crippen molar-refractivity contribution in [2.24, 2.45) is 5.92 Å². The van der Waals surface area contributed by atoms with Gasteiger partial charge < -0.3 is 19.3 Å². The van der Waals surface area contributed by atoms with E-state index in [4.69, 9.17) is 9.47 Å². The van der Waals surface area contributed by atoms with Crippen LogP contribution < -0.4 is 0 Å². The largest absolute Gasteiger partial charge is 0.509 e. The molecule has 8 nitrogen and oxygen atoms in total. The minimum Gasteiger partial charge on any atom is -0.430 e. The molecule has 0 N–H and O–H groups in total. The van der Waals surface area contributed by atoms with Crippen LogP contribution in [0, 0.1) is 5.92 Å². The van der Waals surface area contributed by atoms with Crippen molar-refractivity contribution in [1.82, 2.24) is 14.8 Å². The smallest absolute Gasteiger partial charge is 0.430 e. The fourth-order valence-electron chi connectivity index (χ4n) is 3.86. The second-order valence-electron chi connectivity index (χ2n) is 7.18. The minimum absolute atomic E-state index is 0.00626. The van der Waals surface area contributed by atoms with Crippen molar-refractivity contribution >= 4 is 18.0 Å². The summed E-state index contributed by atoms with van der Waals surface area (Å²) in [6, 6.07) is 3.74. The monoisotopic (exact) mass is 359 g/mol. The Morgan fingerprint density at radius 2 is 1.96 bits per heavy atom. The van der Waals surface area contributed by atoms with Crippen molar-refractivity contribution in [3.05, 3.63) is 30.1 Å². The van der Waals surface area contributed by atoms with Crippen molar-refractivity contribution in [2.45, 2.75) is 31.4 Å². The highest BCUT2D eigenvalue weighted by Crippen LogP contribution is 2.33. The Kier molecular flexibility index (Phi) is 4.26. The van der Waals surface area contributed by atoms with Gasteiger partial charge in [-0.05, 0) is 17.7 Å². The molecule has 1 aromatic heterocycles. The van der Waals surface area contributed by atoms with Crippen LogP contribution in [0.3, 0.4) is 0 Å². The van der Waals surface area contributed by atoms with Gasteiger partial charge in [0.1, 0.15) is 6.61 Å². The van der Waals surface area contributed by atoms with Gasteiger partial charge in [-0.1, -0.05) is 0 Å². The Hall–Kier alpha value is -2.64. The lowest BCUT2D eigenvalue weighted by Crippen LogP contribution is -2.49. The molecule has 0 aromatic carbocycles. The Morgan fingerprint density at radius 3 is 2.62 bits per heavy atom. The van der Waals surface area contributed by atoms with Gasteiger partial charge in [0.2, 0.25) is 11.8 Å². The summed E-state index contributed by atoms with van der Waals surface area (Å²) < 4.78 is 10.2. The van der Waals surface area contributed by atoms with Gasteiger partial charge in [0.25, 0.3) is 0 Å². The molecule has 4 heterocycles. The highest BCUT2D eigenvalue weighted by Gasteiger charge is 2.46. The lowest BCUT2D eigenvalue weighted by molar-refractivity contribution is -0.139. The molecule has 0 radical (unpaired) electrons. The summed E-state index contributed by atoms with van der Waals surface area (Å²) in [5, 5.41) is 0. The molecular formula is C18H21N3O5.